The number of benzene rings is 1. The van der Waals surface area contributed by atoms with Crippen molar-refractivity contribution in [2.45, 2.75) is 6.92 Å². The van der Waals surface area contributed by atoms with Gasteiger partial charge in [0.1, 0.15) is 0 Å². The Balaban J connectivity index is 2.64. The zero-order chi connectivity index (χ0) is 14.2. The molecule has 0 fully saturated rings. The van der Waals surface area contributed by atoms with Gasteiger partial charge in [-0.1, -0.05) is 17.7 Å². The van der Waals surface area contributed by atoms with Gasteiger partial charge in [-0.2, -0.15) is 0 Å². The number of hydrogen-bond donors (Lipinski definition) is 2. The Morgan fingerprint density at radius 1 is 1.26 bits per heavy atom. The Morgan fingerprint density at radius 2 is 1.95 bits per heavy atom. The SMILES string of the molecule is Cc1c(Cl)cccc1-c1nc(C(=O)O)c(C(=O)O)o1. The number of nitrogens with zero attached hydrogens (tertiary/aromatic N) is 1. The van der Waals surface area contributed by atoms with Gasteiger partial charge < -0.3 is 14.6 Å². The van der Waals surface area contributed by atoms with Crippen LogP contribution in [0.5, 0.6) is 0 Å². The average molecular weight is 282 g/mol. The molecule has 1 aromatic heterocycles. The smallest absolute Gasteiger partial charge is 0.374 e. The third kappa shape index (κ3) is 2.30. The highest BCUT2D eigenvalue weighted by Gasteiger charge is 2.26. The highest BCUT2D eigenvalue weighted by atomic mass is 35.5. The standard InChI is InChI=1S/C12H8ClNO5/c1-5-6(3-2-4-7(5)13)10-14-8(11(15)16)9(19-10)12(17)18/h2-4H,1H3,(H,15,16)(H,17,18). The van der Waals surface area contributed by atoms with Gasteiger partial charge in [-0.3, -0.25) is 0 Å². The van der Waals surface area contributed by atoms with Crippen molar-refractivity contribution in [1.82, 2.24) is 4.98 Å². The van der Waals surface area contributed by atoms with Crippen molar-refractivity contribution >= 4 is 23.5 Å². The molecule has 1 heterocycles. The summed E-state index contributed by atoms with van der Waals surface area (Å²) in [5, 5.41) is 18.2. The zero-order valence-corrected chi connectivity index (χ0v) is 10.4. The predicted molar refractivity (Wildman–Crippen MR) is 65.6 cm³/mol. The molecule has 0 bridgehead atoms. The van der Waals surface area contributed by atoms with Crippen molar-refractivity contribution in [2.75, 3.05) is 0 Å². The first-order chi connectivity index (χ1) is 8.91. The molecule has 1 aromatic carbocycles. The number of aromatic nitrogens is 1. The number of oxazole rings is 1. The van der Waals surface area contributed by atoms with Gasteiger partial charge in [-0.05, 0) is 24.6 Å². The summed E-state index contributed by atoms with van der Waals surface area (Å²) in [5.74, 6) is -3.75. The van der Waals surface area contributed by atoms with Crippen LogP contribution < -0.4 is 0 Å². The molecule has 0 spiro atoms. The minimum atomic E-state index is -1.49. The first-order valence-electron chi connectivity index (χ1n) is 5.14. The molecule has 0 radical (unpaired) electrons. The van der Waals surface area contributed by atoms with Gasteiger partial charge in [0.15, 0.2) is 0 Å². The van der Waals surface area contributed by atoms with Crippen LogP contribution in [0.15, 0.2) is 22.6 Å². The number of carbonyl (C=O) groups is 2. The molecule has 0 saturated heterocycles. The molecule has 0 saturated carbocycles. The van der Waals surface area contributed by atoms with Crippen molar-refractivity contribution in [1.29, 1.82) is 0 Å². The number of rotatable bonds is 3. The second-order valence-electron chi connectivity index (χ2n) is 3.72. The molecular weight excluding hydrogens is 274 g/mol. The number of hydrogen-bond acceptors (Lipinski definition) is 4. The van der Waals surface area contributed by atoms with E-state index in [1.165, 1.54) is 0 Å². The maximum absolute atomic E-state index is 10.9. The minimum absolute atomic E-state index is 0.0881. The van der Waals surface area contributed by atoms with Crippen LogP contribution in [-0.2, 0) is 0 Å². The van der Waals surface area contributed by atoms with Crippen LogP contribution in [0.2, 0.25) is 5.02 Å². The van der Waals surface area contributed by atoms with Crippen molar-refractivity contribution in [3.05, 3.63) is 40.2 Å². The fourth-order valence-electron chi connectivity index (χ4n) is 1.56. The summed E-state index contributed by atoms with van der Waals surface area (Å²) >= 11 is 5.93. The predicted octanol–water partition coefficient (Wildman–Crippen LogP) is 2.70. The molecular formula is C12H8ClNO5. The summed E-state index contributed by atoms with van der Waals surface area (Å²) in [6.07, 6.45) is 0. The summed E-state index contributed by atoms with van der Waals surface area (Å²) in [6.45, 7) is 1.70. The van der Waals surface area contributed by atoms with Gasteiger partial charge in [-0.25, -0.2) is 14.6 Å². The van der Waals surface area contributed by atoms with Crippen molar-refractivity contribution in [3.63, 3.8) is 0 Å². The Bertz CT molecular complexity index is 645. The number of carboxylic acids is 2. The first kappa shape index (κ1) is 13.1. The van der Waals surface area contributed by atoms with E-state index >= 15 is 0 Å². The molecule has 0 aliphatic carbocycles. The van der Waals surface area contributed by atoms with Gasteiger partial charge in [0, 0.05) is 10.6 Å². The number of carboxylic acid groups (broad SMARTS) is 2. The molecule has 98 valence electrons. The summed E-state index contributed by atoms with van der Waals surface area (Å²) in [7, 11) is 0. The van der Waals surface area contributed by atoms with Crippen LogP contribution >= 0.6 is 11.6 Å². The van der Waals surface area contributed by atoms with E-state index in [0.717, 1.165) is 0 Å². The molecule has 6 nitrogen and oxygen atoms in total. The molecule has 2 N–H and O–H groups in total. The first-order valence-corrected chi connectivity index (χ1v) is 5.52. The van der Waals surface area contributed by atoms with E-state index in [4.69, 9.17) is 26.2 Å². The van der Waals surface area contributed by atoms with Gasteiger partial charge in [0.2, 0.25) is 17.3 Å². The number of aromatic carboxylic acids is 2. The molecule has 0 aliphatic heterocycles. The summed E-state index contributed by atoms with van der Waals surface area (Å²) in [4.78, 5) is 25.5. The molecule has 2 aromatic rings. The van der Waals surface area contributed by atoms with Crippen LogP contribution in [0.1, 0.15) is 26.6 Å². The van der Waals surface area contributed by atoms with Crippen molar-refractivity contribution in [3.8, 4) is 11.5 Å². The van der Waals surface area contributed by atoms with E-state index in [1.54, 1.807) is 25.1 Å². The maximum atomic E-state index is 10.9. The van der Waals surface area contributed by atoms with Crippen LogP contribution in [-0.4, -0.2) is 27.1 Å². The normalized spacial score (nSPS) is 10.4. The van der Waals surface area contributed by atoms with Crippen LogP contribution in [0.25, 0.3) is 11.5 Å². The molecule has 19 heavy (non-hydrogen) atoms. The zero-order valence-electron chi connectivity index (χ0n) is 9.68. The van der Waals surface area contributed by atoms with Crippen LogP contribution in [0.4, 0.5) is 0 Å². The number of halogens is 1. The Hall–Kier alpha value is -2.34. The topological polar surface area (TPSA) is 101 Å². The summed E-state index contributed by atoms with van der Waals surface area (Å²) in [6, 6.07) is 4.90. The van der Waals surface area contributed by atoms with Crippen LogP contribution in [0, 0.1) is 6.92 Å². The Morgan fingerprint density at radius 3 is 2.47 bits per heavy atom. The lowest BCUT2D eigenvalue weighted by Crippen LogP contribution is -2.05. The molecule has 2 rings (SSSR count). The molecule has 0 aliphatic rings. The van der Waals surface area contributed by atoms with Crippen molar-refractivity contribution in [2.24, 2.45) is 0 Å². The van der Waals surface area contributed by atoms with E-state index in [2.05, 4.69) is 4.98 Å². The molecule has 7 heteroatoms. The van der Waals surface area contributed by atoms with E-state index in [1.807, 2.05) is 0 Å². The van der Waals surface area contributed by atoms with E-state index in [9.17, 15) is 9.59 Å². The second-order valence-corrected chi connectivity index (χ2v) is 4.13. The summed E-state index contributed by atoms with van der Waals surface area (Å²) < 4.78 is 5.01. The van der Waals surface area contributed by atoms with Gasteiger partial charge in [0.25, 0.3) is 0 Å². The van der Waals surface area contributed by atoms with Gasteiger partial charge in [-0.15, -0.1) is 0 Å². The average Bonchev–Trinajstić information content (AvgIpc) is 2.77. The Labute approximate surface area is 112 Å². The van der Waals surface area contributed by atoms with Crippen molar-refractivity contribution < 1.29 is 24.2 Å². The lowest BCUT2D eigenvalue weighted by Gasteiger charge is -2.02. The quantitative estimate of drug-likeness (QED) is 0.897. The molecule has 0 atom stereocenters. The molecule has 0 unspecified atom stereocenters. The summed E-state index contributed by atoms with van der Waals surface area (Å²) in [5.41, 5.74) is 0.434. The maximum Gasteiger partial charge on any atom is 0.374 e. The van der Waals surface area contributed by atoms with Crippen LogP contribution in [0.3, 0.4) is 0 Å². The van der Waals surface area contributed by atoms with E-state index in [0.29, 0.717) is 16.1 Å². The fourth-order valence-corrected chi connectivity index (χ4v) is 1.74. The fraction of sp³-hybridized carbons (Fsp3) is 0.0833. The monoisotopic (exact) mass is 281 g/mol. The van der Waals surface area contributed by atoms with E-state index < -0.39 is 23.4 Å². The largest absolute Gasteiger partial charge is 0.476 e. The lowest BCUT2D eigenvalue weighted by molar-refractivity contribution is 0.0624. The Kier molecular flexibility index (Phi) is 3.26. The third-order valence-corrected chi connectivity index (χ3v) is 2.93. The minimum Gasteiger partial charge on any atom is -0.476 e. The van der Waals surface area contributed by atoms with E-state index in [-0.39, 0.29) is 5.89 Å². The highest BCUT2D eigenvalue weighted by Crippen LogP contribution is 2.29. The highest BCUT2D eigenvalue weighted by molar-refractivity contribution is 6.31. The van der Waals surface area contributed by atoms with Gasteiger partial charge in [0.05, 0.1) is 0 Å². The second kappa shape index (κ2) is 4.74. The third-order valence-electron chi connectivity index (χ3n) is 2.52. The van der Waals surface area contributed by atoms with Gasteiger partial charge >= 0.3 is 11.9 Å². The molecule has 0 amide bonds. The lowest BCUT2D eigenvalue weighted by atomic mass is 10.1.